The second-order valence-corrected chi connectivity index (χ2v) is 0. The van der Waals surface area contributed by atoms with E-state index in [9.17, 15) is 0 Å². The van der Waals surface area contributed by atoms with Gasteiger partial charge in [0, 0.05) is 0 Å². The van der Waals surface area contributed by atoms with Crippen LogP contribution in [0.2, 0.25) is 0 Å². The molecule has 0 amide bonds. The molecular weight excluding hydrogens is 255 g/mol. The van der Waals surface area contributed by atoms with E-state index in [-0.39, 0.29) is 43.3 Å². The maximum Gasteiger partial charge on any atom is 4.00 e. The van der Waals surface area contributed by atoms with Crippen molar-refractivity contribution in [2.24, 2.45) is 0 Å². The molecule has 0 aromatic heterocycles. The number of hydrogen-bond acceptors (Lipinski definition) is 0. The summed E-state index contributed by atoms with van der Waals surface area (Å²) in [6.45, 7) is 5.00. The maximum absolute atomic E-state index is 3.25. The Morgan fingerprint density at radius 1 is 0.833 bits per heavy atom. The zero-order chi connectivity index (χ0) is 2.00. The molecule has 0 aromatic carbocycles. The molecule has 0 aliphatic carbocycles. The predicted molar refractivity (Wildman–Crippen MR) is 30.3 cm³/mol. The van der Waals surface area contributed by atoms with Crippen LogP contribution in [0, 0.1) is 29.2 Å². The zero-order valence-electron chi connectivity index (χ0n) is 5.02. The van der Waals surface area contributed by atoms with E-state index in [2.05, 4.69) is 6.92 Å². The molecule has 1 heteroatoms. The van der Waals surface area contributed by atoms with E-state index >= 15 is 0 Å². The molecule has 0 atom stereocenters. The summed E-state index contributed by atoms with van der Waals surface area (Å²) >= 11 is 0. The van der Waals surface area contributed by atoms with Crippen LogP contribution in [0.1, 0.15) is 6.92 Å². The summed E-state index contributed by atoms with van der Waals surface area (Å²) in [7, 11) is 0. The van der Waals surface area contributed by atoms with Crippen LogP contribution in [0.15, 0.2) is 0 Å². The summed E-state index contributed by atoms with van der Waals surface area (Å²) < 4.78 is 0. The Kier molecular flexibility index (Phi) is 3340. The average Bonchev–Trinajstić information content (AvgIpc) is 1.00. The Labute approximate surface area is 57.6 Å². The van der Waals surface area contributed by atoms with E-state index in [1.807, 2.05) is 0 Å². The minimum Gasteiger partial charge on any atom is -0.358 e. The van der Waals surface area contributed by atoms with Crippen molar-refractivity contribution in [2.45, 2.75) is 6.92 Å². The van der Waals surface area contributed by atoms with Crippen LogP contribution < -0.4 is 0 Å². The Morgan fingerprint density at radius 2 is 0.833 bits per heavy atom. The van der Waals surface area contributed by atoms with Crippen LogP contribution in [0.25, 0.3) is 0 Å². The summed E-state index contributed by atoms with van der Waals surface area (Å²) in [4.78, 5) is 0. The SMILES string of the molecule is [CH2-]C.[CH3-].[CH3-].[CH3-].[Pt+4]. The van der Waals surface area contributed by atoms with Gasteiger partial charge in [-0.25, -0.2) is 0 Å². The molecule has 0 bridgehead atoms. The van der Waals surface area contributed by atoms with Crippen LogP contribution in [0.4, 0.5) is 0 Å². The van der Waals surface area contributed by atoms with Gasteiger partial charge in [0.25, 0.3) is 0 Å². The fraction of sp³-hybridized carbons (Fsp3) is 0.200. The second kappa shape index (κ2) is 264. The number of rotatable bonds is 0. The largest absolute Gasteiger partial charge is 4.00 e. The monoisotopic (exact) mass is 269 g/mol. The number of hydrogen-bond donors (Lipinski definition) is 0. The third kappa shape index (κ3) is 135. The van der Waals surface area contributed by atoms with E-state index in [1.54, 1.807) is 6.92 Å². The van der Waals surface area contributed by atoms with Crippen molar-refractivity contribution in [1.82, 2.24) is 0 Å². The average molecular weight is 269 g/mol. The molecule has 44 valence electrons. The third-order valence-corrected chi connectivity index (χ3v) is 0. The van der Waals surface area contributed by atoms with E-state index < -0.39 is 0 Å². The normalized spacial score (nSPS) is 1.00. The maximum atomic E-state index is 3.25. The van der Waals surface area contributed by atoms with Gasteiger partial charge >= 0.3 is 21.1 Å². The molecule has 0 aliphatic rings. The summed E-state index contributed by atoms with van der Waals surface area (Å²) in [6, 6.07) is 0. The molecule has 0 rings (SSSR count). The molecule has 0 aliphatic heterocycles. The van der Waals surface area contributed by atoms with Gasteiger partial charge in [0.1, 0.15) is 0 Å². The van der Waals surface area contributed by atoms with E-state index in [0.29, 0.717) is 0 Å². The fourth-order valence-corrected chi connectivity index (χ4v) is 0. The minimum absolute atomic E-state index is 0. The minimum atomic E-state index is 0. The third-order valence-electron chi connectivity index (χ3n) is 0. The van der Waals surface area contributed by atoms with Crippen LogP contribution in [0.5, 0.6) is 0 Å². The van der Waals surface area contributed by atoms with Crippen molar-refractivity contribution in [3.63, 3.8) is 0 Å². The van der Waals surface area contributed by atoms with Crippen molar-refractivity contribution in [3.8, 4) is 0 Å². The topological polar surface area (TPSA) is 0 Å². The summed E-state index contributed by atoms with van der Waals surface area (Å²) in [5, 5.41) is 0. The van der Waals surface area contributed by atoms with E-state index in [4.69, 9.17) is 0 Å². The molecule has 0 unspecified atom stereocenters. The first-order chi connectivity index (χ1) is 1.00. The molecule has 0 saturated heterocycles. The summed E-state index contributed by atoms with van der Waals surface area (Å²) in [6.07, 6.45) is 0. The smallest absolute Gasteiger partial charge is 0.358 e. The van der Waals surface area contributed by atoms with E-state index in [1.165, 1.54) is 0 Å². The van der Waals surface area contributed by atoms with Crippen LogP contribution in [-0.2, 0) is 21.1 Å². The van der Waals surface area contributed by atoms with Crippen LogP contribution in [0.3, 0.4) is 0 Å². The molecule has 0 aromatic rings. The molecule has 0 radical (unpaired) electrons. The molecule has 0 spiro atoms. The van der Waals surface area contributed by atoms with Crippen LogP contribution in [-0.4, -0.2) is 0 Å². The molecule has 0 fully saturated rings. The summed E-state index contributed by atoms with van der Waals surface area (Å²) in [5.74, 6) is 0. The Bertz CT molecular complexity index is 3.90. The van der Waals surface area contributed by atoms with Gasteiger partial charge in [-0.1, -0.05) is 0 Å². The van der Waals surface area contributed by atoms with Gasteiger partial charge in [-0.05, 0) is 0 Å². The second-order valence-electron chi connectivity index (χ2n) is 0. The van der Waals surface area contributed by atoms with Gasteiger partial charge in [0.05, 0.1) is 0 Å². The van der Waals surface area contributed by atoms with Gasteiger partial charge in [-0.3, -0.25) is 0 Å². The fourth-order valence-electron chi connectivity index (χ4n) is 0. The molecular formula is C5H14Pt. The first-order valence-electron chi connectivity index (χ1n) is 0.707. The van der Waals surface area contributed by atoms with Gasteiger partial charge in [0.2, 0.25) is 0 Å². The van der Waals surface area contributed by atoms with Crippen molar-refractivity contribution < 1.29 is 21.1 Å². The molecule has 0 saturated carbocycles. The quantitative estimate of drug-likeness (QED) is 0.591. The molecule has 0 heterocycles. The van der Waals surface area contributed by atoms with Crippen molar-refractivity contribution >= 4 is 0 Å². The van der Waals surface area contributed by atoms with Gasteiger partial charge < -0.3 is 29.2 Å². The van der Waals surface area contributed by atoms with Crippen molar-refractivity contribution in [3.05, 3.63) is 29.2 Å². The first kappa shape index (κ1) is 75.9. The first-order valence-corrected chi connectivity index (χ1v) is 0.707. The Balaban J connectivity index is -0.000000000833. The van der Waals surface area contributed by atoms with Crippen molar-refractivity contribution in [2.75, 3.05) is 0 Å². The van der Waals surface area contributed by atoms with Gasteiger partial charge in [0.15, 0.2) is 0 Å². The van der Waals surface area contributed by atoms with Gasteiger partial charge in [-0.15, -0.1) is 0 Å². The predicted octanol–water partition coefficient (Wildman–Crippen LogP) is 2.19. The summed E-state index contributed by atoms with van der Waals surface area (Å²) in [5.41, 5.74) is 0. The van der Waals surface area contributed by atoms with Crippen molar-refractivity contribution in [1.29, 1.82) is 0 Å². The van der Waals surface area contributed by atoms with Gasteiger partial charge in [-0.2, -0.15) is 6.92 Å². The standard InChI is InChI=1S/C2H5.3CH3.Pt/c1-2;;;;/h1H2,2H3;3*1H3;/q4*-1;+4. The van der Waals surface area contributed by atoms with Crippen LogP contribution >= 0.6 is 0 Å². The molecule has 0 N–H and O–H groups in total. The Hall–Kier alpha value is 0.688. The molecule has 0 nitrogen and oxygen atoms in total. The zero-order valence-corrected chi connectivity index (χ0v) is 7.30. The van der Waals surface area contributed by atoms with E-state index in [0.717, 1.165) is 0 Å². The Morgan fingerprint density at radius 3 is 0.833 bits per heavy atom. The molecule has 6 heavy (non-hydrogen) atoms.